The van der Waals surface area contributed by atoms with Crippen molar-refractivity contribution in [3.63, 3.8) is 0 Å². The lowest BCUT2D eigenvalue weighted by molar-refractivity contribution is -0.121. The standard InChI is InChI=1S/C23H33BrN2O4S/c1-3-5-6-16(4-2)15-25-22(27)10-12-31(29,30)21-14-20-18(13-19(21)24)9-11-26(20)23(28)17-7-8-17/h13-14,16-17H,3-12,15H2,1-2H3,(H,25,27)/t16-/m0/s1. The van der Waals surface area contributed by atoms with Gasteiger partial charge in [0.1, 0.15) is 0 Å². The molecule has 1 aliphatic heterocycles. The van der Waals surface area contributed by atoms with Crippen LogP contribution in [0.3, 0.4) is 0 Å². The molecule has 1 N–H and O–H groups in total. The normalized spacial score (nSPS) is 16.8. The maximum Gasteiger partial charge on any atom is 0.230 e. The molecule has 2 amide bonds. The first-order chi connectivity index (χ1) is 14.8. The highest BCUT2D eigenvalue weighted by Crippen LogP contribution is 2.39. The van der Waals surface area contributed by atoms with Gasteiger partial charge in [0.15, 0.2) is 9.84 Å². The van der Waals surface area contributed by atoms with E-state index in [1.807, 2.05) is 6.07 Å². The zero-order chi connectivity index (χ0) is 22.6. The molecule has 31 heavy (non-hydrogen) atoms. The van der Waals surface area contributed by atoms with Crippen molar-refractivity contribution in [2.24, 2.45) is 11.8 Å². The number of anilines is 1. The molecule has 1 aliphatic carbocycles. The van der Waals surface area contributed by atoms with E-state index in [1.54, 1.807) is 11.0 Å². The summed E-state index contributed by atoms with van der Waals surface area (Å²) in [5, 5.41) is 2.90. The number of nitrogens with one attached hydrogen (secondary N) is 1. The third kappa shape index (κ3) is 6.09. The van der Waals surface area contributed by atoms with Gasteiger partial charge in [-0.1, -0.05) is 33.1 Å². The van der Waals surface area contributed by atoms with Crippen LogP contribution in [0.1, 0.15) is 64.4 Å². The van der Waals surface area contributed by atoms with Gasteiger partial charge in [-0.05, 0) is 65.2 Å². The summed E-state index contributed by atoms with van der Waals surface area (Å²) < 4.78 is 26.5. The number of halogens is 1. The maximum absolute atomic E-state index is 13.0. The summed E-state index contributed by atoms with van der Waals surface area (Å²) in [6.07, 6.45) is 6.82. The molecule has 1 atom stereocenters. The lowest BCUT2D eigenvalue weighted by Crippen LogP contribution is -2.31. The molecule has 1 aromatic rings. The molecular formula is C23H33BrN2O4S. The summed E-state index contributed by atoms with van der Waals surface area (Å²) in [6.45, 7) is 5.45. The lowest BCUT2D eigenvalue weighted by atomic mass is 9.99. The second kappa shape index (κ2) is 10.5. The molecule has 0 saturated heterocycles. The first-order valence-electron chi connectivity index (χ1n) is 11.4. The van der Waals surface area contributed by atoms with E-state index in [9.17, 15) is 18.0 Å². The van der Waals surface area contributed by atoms with Gasteiger partial charge in [-0.25, -0.2) is 8.42 Å². The van der Waals surface area contributed by atoms with Crippen LogP contribution in [-0.4, -0.2) is 39.1 Å². The Bertz CT molecular complexity index is 928. The fraction of sp³-hybridized carbons (Fsp3) is 0.652. The highest BCUT2D eigenvalue weighted by atomic mass is 79.9. The molecule has 172 valence electrons. The highest BCUT2D eigenvalue weighted by molar-refractivity contribution is 9.10. The molecule has 3 rings (SSSR count). The average Bonchev–Trinajstić information content (AvgIpc) is 3.51. The molecule has 6 nitrogen and oxygen atoms in total. The number of hydrogen-bond acceptors (Lipinski definition) is 4. The number of rotatable bonds is 11. The van der Waals surface area contributed by atoms with Crippen LogP contribution < -0.4 is 10.2 Å². The Kier molecular flexibility index (Phi) is 8.19. The van der Waals surface area contributed by atoms with Crippen molar-refractivity contribution in [1.82, 2.24) is 5.32 Å². The molecule has 1 saturated carbocycles. The van der Waals surface area contributed by atoms with Crippen LogP contribution in [0.25, 0.3) is 0 Å². The van der Waals surface area contributed by atoms with E-state index < -0.39 is 9.84 Å². The van der Waals surface area contributed by atoms with Gasteiger partial charge in [0, 0.05) is 35.6 Å². The summed E-state index contributed by atoms with van der Waals surface area (Å²) in [6, 6.07) is 3.42. The average molecular weight is 513 g/mol. The minimum absolute atomic E-state index is 0.0687. The number of benzene rings is 1. The molecular weight excluding hydrogens is 480 g/mol. The van der Waals surface area contributed by atoms with E-state index in [2.05, 4.69) is 35.1 Å². The van der Waals surface area contributed by atoms with Crippen LogP contribution in [-0.2, 0) is 25.8 Å². The van der Waals surface area contributed by atoms with E-state index in [0.29, 0.717) is 29.2 Å². The van der Waals surface area contributed by atoms with Crippen molar-refractivity contribution in [3.05, 3.63) is 22.2 Å². The van der Waals surface area contributed by atoms with Crippen molar-refractivity contribution < 1.29 is 18.0 Å². The Labute approximate surface area is 194 Å². The summed E-state index contributed by atoms with van der Waals surface area (Å²) in [5.74, 6) is 0.126. The van der Waals surface area contributed by atoms with Crippen LogP contribution in [0.2, 0.25) is 0 Å². The molecule has 2 aliphatic rings. The Balaban J connectivity index is 1.63. The quantitative estimate of drug-likeness (QED) is 0.480. The summed E-state index contributed by atoms with van der Waals surface area (Å²) >= 11 is 3.39. The number of hydrogen-bond donors (Lipinski definition) is 1. The number of fused-ring (bicyclic) bond motifs is 1. The molecule has 1 fully saturated rings. The van der Waals surface area contributed by atoms with Crippen molar-refractivity contribution in [3.8, 4) is 0 Å². The smallest absolute Gasteiger partial charge is 0.230 e. The van der Waals surface area contributed by atoms with Crippen LogP contribution >= 0.6 is 15.9 Å². The van der Waals surface area contributed by atoms with Crippen LogP contribution in [0.5, 0.6) is 0 Å². The summed E-state index contributed by atoms with van der Waals surface area (Å²) in [7, 11) is -3.67. The minimum Gasteiger partial charge on any atom is -0.356 e. The fourth-order valence-electron chi connectivity index (χ4n) is 4.03. The van der Waals surface area contributed by atoms with Crippen LogP contribution in [0, 0.1) is 11.8 Å². The minimum atomic E-state index is -3.67. The van der Waals surface area contributed by atoms with Crippen molar-refractivity contribution in [2.45, 2.75) is 70.1 Å². The van der Waals surface area contributed by atoms with Crippen LogP contribution in [0.15, 0.2) is 21.5 Å². The Hall–Kier alpha value is -1.41. The van der Waals surface area contributed by atoms with Crippen molar-refractivity contribution in [2.75, 3.05) is 23.7 Å². The number of sulfone groups is 1. The van der Waals surface area contributed by atoms with Gasteiger partial charge in [0.05, 0.1) is 10.6 Å². The fourth-order valence-corrected chi connectivity index (χ4v) is 6.48. The van der Waals surface area contributed by atoms with Gasteiger partial charge >= 0.3 is 0 Å². The number of nitrogens with zero attached hydrogens (tertiary/aromatic N) is 1. The van der Waals surface area contributed by atoms with Gasteiger partial charge < -0.3 is 10.2 Å². The first kappa shape index (κ1) is 24.2. The molecule has 1 heterocycles. The predicted molar refractivity (Wildman–Crippen MR) is 126 cm³/mol. The third-order valence-corrected chi connectivity index (χ3v) is 8.95. The molecule has 0 unspecified atom stereocenters. The predicted octanol–water partition coefficient (Wildman–Crippen LogP) is 4.24. The van der Waals surface area contributed by atoms with Crippen LogP contribution in [0.4, 0.5) is 5.69 Å². The van der Waals surface area contributed by atoms with E-state index in [4.69, 9.17) is 0 Å². The maximum atomic E-state index is 13.0. The number of carbonyl (C=O) groups excluding carboxylic acids is 2. The highest BCUT2D eigenvalue weighted by Gasteiger charge is 2.37. The molecule has 0 radical (unpaired) electrons. The van der Waals surface area contributed by atoms with Gasteiger partial charge in [0.2, 0.25) is 11.8 Å². The molecule has 1 aromatic carbocycles. The molecule has 0 bridgehead atoms. The van der Waals surface area contributed by atoms with Crippen molar-refractivity contribution >= 4 is 43.3 Å². The van der Waals surface area contributed by atoms with Gasteiger partial charge in [-0.15, -0.1) is 0 Å². The Morgan fingerprint density at radius 1 is 1.26 bits per heavy atom. The first-order valence-corrected chi connectivity index (χ1v) is 13.8. The largest absolute Gasteiger partial charge is 0.356 e. The zero-order valence-corrected chi connectivity index (χ0v) is 20.9. The van der Waals surface area contributed by atoms with E-state index in [-0.39, 0.29) is 34.8 Å². The van der Waals surface area contributed by atoms with E-state index in [1.165, 1.54) is 0 Å². The number of carbonyl (C=O) groups is 2. The second-order valence-corrected chi connectivity index (χ2v) is 11.6. The Morgan fingerprint density at radius 2 is 2.00 bits per heavy atom. The molecule has 0 aromatic heterocycles. The lowest BCUT2D eigenvalue weighted by Gasteiger charge is -2.18. The number of unbranched alkanes of at least 4 members (excludes halogenated alkanes) is 1. The Morgan fingerprint density at radius 3 is 2.65 bits per heavy atom. The van der Waals surface area contributed by atoms with Gasteiger partial charge in [0.25, 0.3) is 0 Å². The van der Waals surface area contributed by atoms with E-state index >= 15 is 0 Å². The SMILES string of the molecule is CCCC[C@H](CC)CNC(=O)CCS(=O)(=O)c1cc2c(cc1Br)CCN2C(=O)C1CC1. The van der Waals surface area contributed by atoms with Crippen molar-refractivity contribution in [1.29, 1.82) is 0 Å². The van der Waals surface area contributed by atoms with Gasteiger partial charge in [-0.2, -0.15) is 0 Å². The molecule has 0 spiro atoms. The monoisotopic (exact) mass is 512 g/mol. The molecule has 8 heteroatoms. The van der Waals surface area contributed by atoms with Gasteiger partial charge in [-0.3, -0.25) is 9.59 Å². The zero-order valence-electron chi connectivity index (χ0n) is 18.5. The number of amides is 2. The second-order valence-electron chi connectivity index (χ2n) is 8.71. The summed E-state index contributed by atoms with van der Waals surface area (Å²) in [5.41, 5.74) is 1.68. The topological polar surface area (TPSA) is 83.6 Å². The van der Waals surface area contributed by atoms with E-state index in [0.717, 1.165) is 50.5 Å². The summed E-state index contributed by atoms with van der Waals surface area (Å²) in [4.78, 5) is 26.7. The third-order valence-electron chi connectivity index (χ3n) is 6.29.